The molecule has 0 radical (unpaired) electrons. The largest absolute Gasteiger partial charge is 0.493 e. The Balaban J connectivity index is 1.58. The average Bonchev–Trinajstić information content (AvgIpc) is 3.02. The smallest absolute Gasteiger partial charge is 0.258 e. The van der Waals surface area contributed by atoms with Crippen molar-refractivity contribution in [1.82, 2.24) is 14.9 Å². The van der Waals surface area contributed by atoms with E-state index < -0.39 is 6.04 Å². The number of nitrogens with one attached hydrogen (secondary N) is 1. The molecule has 2 aromatic heterocycles. The van der Waals surface area contributed by atoms with E-state index >= 15 is 0 Å². The number of benzene rings is 2. The fraction of sp³-hybridized carbons (Fsp3) is 0.258. The Hall–Kier alpha value is -4.79. The monoisotopic (exact) mass is 540 g/mol. The molecule has 9 nitrogen and oxygen atoms in total. The van der Waals surface area contributed by atoms with Crippen LogP contribution in [0.1, 0.15) is 38.7 Å². The molecule has 1 N–H and O–H groups in total. The van der Waals surface area contributed by atoms with Gasteiger partial charge >= 0.3 is 0 Å². The second-order valence-corrected chi connectivity index (χ2v) is 9.28. The minimum Gasteiger partial charge on any atom is -0.493 e. The van der Waals surface area contributed by atoms with Gasteiger partial charge in [0.05, 0.1) is 40.0 Å². The molecule has 2 aromatic carbocycles. The van der Waals surface area contributed by atoms with Crippen LogP contribution in [0.25, 0.3) is 0 Å². The van der Waals surface area contributed by atoms with Crippen LogP contribution in [0, 0.1) is 0 Å². The second kappa shape index (κ2) is 11.9. The normalized spacial score (nSPS) is 14.2. The van der Waals surface area contributed by atoms with E-state index in [-0.39, 0.29) is 5.91 Å². The first-order valence-corrected chi connectivity index (χ1v) is 12.9. The van der Waals surface area contributed by atoms with Gasteiger partial charge in [-0.05, 0) is 77.2 Å². The molecule has 1 aliphatic heterocycles. The second-order valence-electron chi connectivity index (χ2n) is 9.28. The third-order valence-electron chi connectivity index (χ3n) is 7.11. The topological polar surface area (TPSA) is 95.0 Å². The summed E-state index contributed by atoms with van der Waals surface area (Å²) < 4.78 is 22.3. The molecule has 206 valence electrons. The SMILES string of the molecule is COc1ccc(C2c3cc(OC)c(OC)cc3CCN2C(=O)c2cccnc2NCc2ccncc2)cc1OC. The Labute approximate surface area is 233 Å². The zero-order chi connectivity index (χ0) is 28.1. The van der Waals surface area contributed by atoms with Crippen molar-refractivity contribution in [3.63, 3.8) is 0 Å². The van der Waals surface area contributed by atoms with E-state index in [0.29, 0.717) is 53.9 Å². The van der Waals surface area contributed by atoms with Gasteiger partial charge in [0.25, 0.3) is 5.91 Å². The lowest BCUT2D eigenvalue weighted by Gasteiger charge is -2.38. The number of aromatic nitrogens is 2. The zero-order valence-electron chi connectivity index (χ0n) is 23.0. The number of fused-ring (bicyclic) bond motifs is 1. The summed E-state index contributed by atoms with van der Waals surface area (Å²) in [5.41, 5.74) is 4.46. The summed E-state index contributed by atoms with van der Waals surface area (Å²) in [5.74, 6) is 2.84. The summed E-state index contributed by atoms with van der Waals surface area (Å²) in [6.45, 7) is 1.01. The minimum absolute atomic E-state index is 0.134. The molecule has 0 spiro atoms. The van der Waals surface area contributed by atoms with Crippen molar-refractivity contribution in [2.45, 2.75) is 19.0 Å². The highest BCUT2D eigenvalue weighted by Gasteiger charge is 2.35. The molecule has 1 atom stereocenters. The standard InChI is InChI=1S/C31H32N4O5/c1-37-25-8-7-22(17-26(25)38-2)29-24-18-28(40-4)27(39-3)16-21(24)11-15-35(29)31(36)23-6-5-12-33-30(23)34-19-20-9-13-32-14-10-20/h5-10,12-14,16-18,29H,11,15,19H2,1-4H3,(H,33,34). The number of amides is 1. The molecule has 0 aliphatic carbocycles. The van der Waals surface area contributed by atoms with Gasteiger partial charge in [-0.15, -0.1) is 0 Å². The van der Waals surface area contributed by atoms with Gasteiger partial charge in [-0.1, -0.05) is 6.07 Å². The Morgan fingerprint density at radius 2 is 1.57 bits per heavy atom. The van der Waals surface area contributed by atoms with E-state index in [4.69, 9.17) is 18.9 Å². The number of anilines is 1. The quantitative estimate of drug-likeness (QED) is 0.320. The maximum Gasteiger partial charge on any atom is 0.258 e. The Morgan fingerprint density at radius 3 is 2.30 bits per heavy atom. The molecule has 5 rings (SSSR count). The molecule has 3 heterocycles. The third kappa shape index (κ3) is 5.22. The lowest BCUT2D eigenvalue weighted by Crippen LogP contribution is -2.41. The van der Waals surface area contributed by atoms with Gasteiger partial charge in [0.1, 0.15) is 5.82 Å². The minimum atomic E-state index is -0.413. The van der Waals surface area contributed by atoms with Crippen LogP contribution in [-0.2, 0) is 13.0 Å². The van der Waals surface area contributed by atoms with Crippen LogP contribution < -0.4 is 24.3 Å². The first kappa shape index (κ1) is 26.8. The van der Waals surface area contributed by atoms with Crippen LogP contribution in [0.15, 0.2) is 73.2 Å². The summed E-state index contributed by atoms with van der Waals surface area (Å²) in [6, 6.07) is 16.7. The van der Waals surface area contributed by atoms with Crippen LogP contribution in [0.2, 0.25) is 0 Å². The van der Waals surface area contributed by atoms with E-state index in [0.717, 1.165) is 22.3 Å². The van der Waals surface area contributed by atoms with Gasteiger partial charge in [-0.2, -0.15) is 0 Å². The van der Waals surface area contributed by atoms with E-state index in [2.05, 4.69) is 15.3 Å². The molecule has 1 aliphatic rings. The van der Waals surface area contributed by atoms with Crippen molar-refractivity contribution in [3.8, 4) is 23.0 Å². The molecule has 1 amide bonds. The molecule has 40 heavy (non-hydrogen) atoms. The van der Waals surface area contributed by atoms with Crippen LogP contribution in [0.3, 0.4) is 0 Å². The van der Waals surface area contributed by atoms with Crippen LogP contribution in [0.4, 0.5) is 5.82 Å². The Morgan fingerprint density at radius 1 is 0.875 bits per heavy atom. The average molecular weight is 541 g/mol. The molecular formula is C31H32N4O5. The van der Waals surface area contributed by atoms with E-state index in [1.165, 1.54) is 0 Å². The summed E-state index contributed by atoms with van der Waals surface area (Å²) in [7, 11) is 6.43. The molecule has 0 saturated carbocycles. The van der Waals surface area contributed by atoms with Crippen molar-refractivity contribution in [1.29, 1.82) is 0 Å². The highest BCUT2D eigenvalue weighted by Crippen LogP contribution is 2.43. The Kier molecular flexibility index (Phi) is 8.00. The van der Waals surface area contributed by atoms with Crippen molar-refractivity contribution >= 4 is 11.7 Å². The predicted octanol–water partition coefficient (Wildman–Crippen LogP) is 4.91. The maximum absolute atomic E-state index is 14.3. The van der Waals surface area contributed by atoms with Gasteiger partial charge in [-0.25, -0.2) is 4.98 Å². The molecule has 0 bridgehead atoms. The number of hydrogen-bond donors (Lipinski definition) is 1. The van der Waals surface area contributed by atoms with Crippen LogP contribution >= 0.6 is 0 Å². The van der Waals surface area contributed by atoms with Gasteiger partial charge in [0.2, 0.25) is 0 Å². The maximum atomic E-state index is 14.3. The molecule has 4 aromatic rings. The number of ether oxygens (including phenoxy) is 4. The lowest BCUT2D eigenvalue weighted by molar-refractivity contribution is 0.0694. The highest BCUT2D eigenvalue weighted by molar-refractivity contribution is 5.99. The lowest BCUT2D eigenvalue weighted by atomic mass is 9.87. The fourth-order valence-corrected chi connectivity index (χ4v) is 5.11. The molecule has 1 unspecified atom stereocenters. The summed E-state index contributed by atoms with van der Waals surface area (Å²) in [6.07, 6.45) is 5.82. The van der Waals surface area contributed by atoms with Crippen molar-refractivity contribution < 1.29 is 23.7 Å². The predicted molar refractivity (Wildman–Crippen MR) is 151 cm³/mol. The number of rotatable bonds is 9. The number of carbonyl (C=O) groups is 1. The first-order chi connectivity index (χ1) is 19.6. The molecule has 0 fully saturated rings. The zero-order valence-corrected chi connectivity index (χ0v) is 23.0. The molecule has 9 heteroatoms. The van der Waals surface area contributed by atoms with Crippen molar-refractivity contribution in [2.24, 2.45) is 0 Å². The van der Waals surface area contributed by atoms with Crippen molar-refractivity contribution in [2.75, 3.05) is 40.3 Å². The van der Waals surface area contributed by atoms with Crippen molar-refractivity contribution in [3.05, 3.63) is 101 Å². The first-order valence-electron chi connectivity index (χ1n) is 12.9. The van der Waals surface area contributed by atoms with E-state index in [1.807, 2.05) is 47.4 Å². The van der Waals surface area contributed by atoms with Crippen LogP contribution in [-0.4, -0.2) is 55.8 Å². The van der Waals surface area contributed by atoms with E-state index in [1.54, 1.807) is 59.2 Å². The van der Waals surface area contributed by atoms with Crippen LogP contribution in [0.5, 0.6) is 23.0 Å². The molecule has 0 saturated heterocycles. The van der Waals surface area contributed by atoms with Gasteiger partial charge < -0.3 is 29.2 Å². The van der Waals surface area contributed by atoms with Gasteiger partial charge in [0, 0.05) is 31.7 Å². The number of carbonyl (C=O) groups excluding carboxylic acids is 1. The number of pyridine rings is 2. The van der Waals surface area contributed by atoms with E-state index in [9.17, 15) is 4.79 Å². The van der Waals surface area contributed by atoms with Gasteiger partial charge in [0.15, 0.2) is 23.0 Å². The summed E-state index contributed by atoms with van der Waals surface area (Å²) in [4.78, 5) is 24.8. The molecular weight excluding hydrogens is 508 g/mol. The number of methoxy groups -OCH3 is 4. The highest BCUT2D eigenvalue weighted by atomic mass is 16.5. The number of hydrogen-bond acceptors (Lipinski definition) is 8. The fourth-order valence-electron chi connectivity index (χ4n) is 5.11. The third-order valence-corrected chi connectivity index (χ3v) is 7.11. The summed E-state index contributed by atoms with van der Waals surface area (Å²) >= 11 is 0. The van der Waals surface area contributed by atoms with Gasteiger partial charge in [-0.3, -0.25) is 9.78 Å². The summed E-state index contributed by atoms with van der Waals surface area (Å²) in [5, 5.41) is 3.33. The number of nitrogens with zero attached hydrogens (tertiary/aromatic N) is 3. The Bertz CT molecular complexity index is 1490.